The molecule has 1 aromatic rings. The smallest absolute Gasteiger partial charge is 0.0408 e. The molecule has 0 aliphatic carbocycles. The topological polar surface area (TPSA) is 15.3 Å². The lowest BCUT2D eigenvalue weighted by Gasteiger charge is -2.38. The third-order valence-electron chi connectivity index (χ3n) is 3.36. The van der Waals surface area contributed by atoms with Gasteiger partial charge in [-0.1, -0.05) is 24.6 Å². The Labute approximate surface area is 103 Å². The molecule has 0 saturated carbocycles. The van der Waals surface area contributed by atoms with E-state index in [1.165, 1.54) is 11.1 Å². The van der Waals surface area contributed by atoms with Crippen LogP contribution < -0.4 is 5.32 Å². The monoisotopic (exact) mass is 238 g/mol. The highest BCUT2D eigenvalue weighted by atomic mass is 35.5. The number of nitrogens with zero attached hydrogens (tertiary/aromatic N) is 1. The van der Waals surface area contributed by atoms with E-state index in [1.54, 1.807) is 0 Å². The van der Waals surface area contributed by atoms with E-state index in [-0.39, 0.29) is 0 Å². The minimum Gasteiger partial charge on any atom is -0.314 e. The Morgan fingerprint density at radius 3 is 2.69 bits per heavy atom. The molecule has 0 unspecified atom stereocenters. The summed E-state index contributed by atoms with van der Waals surface area (Å²) >= 11 is 5.96. The van der Waals surface area contributed by atoms with E-state index in [9.17, 15) is 0 Å². The van der Waals surface area contributed by atoms with Crippen LogP contribution in [0.15, 0.2) is 18.2 Å². The van der Waals surface area contributed by atoms with Gasteiger partial charge in [-0.2, -0.15) is 0 Å². The largest absolute Gasteiger partial charge is 0.314 e. The van der Waals surface area contributed by atoms with E-state index in [2.05, 4.69) is 30.1 Å². The Morgan fingerprint density at radius 2 is 2.19 bits per heavy atom. The zero-order valence-corrected chi connectivity index (χ0v) is 10.7. The molecule has 0 amide bonds. The number of hydrogen-bond acceptors (Lipinski definition) is 2. The molecule has 3 heteroatoms. The van der Waals surface area contributed by atoms with Gasteiger partial charge in [0.2, 0.25) is 0 Å². The molecular weight excluding hydrogens is 220 g/mol. The van der Waals surface area contributed by atoms with Crippen molar-refractivity contribution in [3.63, 3.8) is 0 Å². The molecule has 2 rings (SSSR count). The number of nitrogens with one attached hydrogen (secondary N) is 1. The molecule has 0 atom stereocenters. The van der Waals surface area contributed by atoms with Gasteiger partial charge in [-0.15, -0.1) is 0 Å². The van der Waals surface area contributed by atoms with Crippen LogP contribution in [-0.2, 0) is 6.54 Å². The highest BCUT2D eigenvalue weighted by molar-refractivity contribution is 6.30. The van der Waals surface area contributed by atoms with Crippen molar-refractivity contribution in [1.29, 1.82) is 0 Å². The molecule has 88 valence electrons. The Morgan fingerprint density at radius 1 is 1.44 bits per heavy atom. The van der Waals surface area contributed by atoms with E-state index in [0.717, 1.165) is 31.2 Å². The number of likely N-dealkylation sites (N-methyl/N-ethyl adjacent to an activating group) is 1. The predicted octanol–water partition coefficient (Wildman–Crippen LogP) is 2.44. The van der Waals surface area contributed by atoms with Crippen molar-refractivity contribution < 1.29 is 0 Å². The van der Waals surface area contributed by atoms with Gasteiger partial charge in [0.25, 0.3) is 0 Å². The number of hydrogen-bond donors (Lipinski definition) is 1. The Bertz CT molecular complexity index is 361. The fraction of sp³-hybridized carbons (Fsp3) is 0.538. The van der Waals surface area contributed by atoms with Crippen LogP contribution in [0.4, 0.5) is 0 Å². The van der Waals surface area contributed by atoms with Gasteiger partial charge in [0, 0.05) is 30.7 Å². The van der Waals surface area contributed by atoms with Crippen LogP contribution in [0.2, 0.25) is 5.02 Å². The summed E-state index contributed by atoms with van der Waals surface area (Å²) in [6, 6.07) is 6.88. The number of aryl methyl sites for hydroxylation is 1. The zero-order chi connectivity index (χ0) is 11.5. The summed E-state index contributed by atoms with van der Waals surface area (Å²) < 4.78 is 0. The Balaban J connectivity index is 2.06. The first-order valence-electron chi connectivity index (χ1n) is 5.90. The molecule has 1 aromatic carbocycles. The fourth-order valence-corrected chi connectivity index (χ4v) is 2.31. The molecule has 0 spiro atoms. The van der Waals surface area contributed by atoms with E-state index in [0.29, 0.717) is 6.04 Å². The molecule has 0 bridgehead atoms. The van der Waals surface area contributed by atoms with Crippen molar-refractivity contribution in [3.8, 4) is 0 Å². The van der Waals surface area contributed by atoms with Gasteiger partial charge < -0.3 is 5.32 Å². The highest BCUT2D eigenvalue weighted by Crippen LogP contribution is 2.18. The summed E-state index contributed by atoms with van der Waals surface area (Å²) in [5.74, 6) is 0. The minimum atomic E-state index is 0.708. The SMILES string of the molecule is CCN(Cc1ccc(Cl)cc1C)C1CNC1. The summed E-state index contributed by atoms with van der Waals surface area (Å²) in [5.41, 5.74) is 2.68. The molecule has 1 N–H and O–H groups in total. The van der Waals surface area contributed by atoms with Gasteiger partial charge in [0.15, 0.2) is 0 Å². The van der Waals surface area contributed by atoms with Crippen molar-refractivity contribution >= 4 is 11.6 Å². The summed E-state index contributed by atoms with van der Waals surface area (Å²) in [4.78, 5) is 2.52. The van der Waals surface area contributed by atoms with Crippen LogP contribution in [0.1, 0.15) is 18.1 Å². The van der Waals surface area contributed by atoms with E-state index < -0.39 is 0 Å². The third-order valence-corrected chi connectivity index (χ3v) is 3.60. The van der Waals surface area contributed by atoms with Crippen molar-refractivity contribution in [2.45, 2.75) is 26.4 Å². The summed E-state index contributed by atoms with van der Waals surface area (Å²) in [7, 11) is 0. The van der Waals surface area contributed by atoms with Crippen molar-refractivity contribution in [1.82, 2.24) is 10.2 Å². The van der Waals surface area contributed by atoms with Crippen LogP contribution in [0.25, 0.3) is 0 Å². The van der Waals surface area contributed by atoms with Crippen molar-refractivity contribution in [2.75, 3.05) is 19.6 Å². The molecule has 1 fully saturated rings. The van der Waals surface area contributed by atoms with Gasteiger partial charge in [0.05, 0.1) is 0 Å². The second-order valence-corrected chi connectivity index (χ2v) is 4.88. The Hall–Kier alpha value is -0.570. The molecule has 16 heavy (non-hydrogen) atoms. The second kappa shape index (κ2) is 5.17. The predicted molar refractivity (Wildman–Crippen MR) is 68.9 cm³/mol. The second-order valence-electron chi connectivity index (χ2n) is 4.45. The average molecular weight is 239 g/mol. The molecule has 2 nitrogen and oxygen atoms in total. The summed E-state index contributed by atoms with van der Waals surface area (Å²) in [6.07, 6.45) is 0. The lowest BCUT2D eigenvalue weighted by atomic mass is 10.1. The van der Waals surface area contributed by atoms with Crippen LogP contribution in [-0.4, -0.2) is 30.6 Å². The maximum Gasteiger partial charge on any atom is 0.0408 e. The molecular formula is C13H19ClN2. The fourth-order valence-electron chi connectivity index (χ4n) is 2.09. The van der Waals surface area contributed by atoms with Crippen LogP contribution in [0.5, 0.6) is 0 Å². The normalized spacial score (nSPS) is 16.5. The minimum absolute atomic E-state index is 0.708. The molecule has 1 aliphatic rings. The van der Waals surface area contributed by atoms with Crippen LogP contribution >= 0.6 is 11.6 Å². The zero-order valence-electron chi connectivity index (χ0n) is 9.96. The number of rotatable bonds is 4. The summed E-state index contributed by atoms with van der Waals surface area (Å²) in [5, 5.41) is 4.15. The van der Waals surface area contributed by atoms with E-state index >= 15 is 0 Å². The molecule has 0 radical (unpaired) electrons. The van der Waals surface area contributed by atoms with Gasteiger partial charge in [-0.25, -0.2) is 0 Å². The first-order chi connectivity index (χ1) is 7.70. The number of halogens is 1. The third kappa shape index (κ3) is 2.57. The van der Waals surface area contributed by atoms with Gasteiger partial charge in [-0.05, 0) is 36.7 Å². The lowest BCUT2D eigenvalue weighted by Crippen LogP contribution is -2.56. The first-order valence-corrected chi connectivity index (χ1v) is 6.28. The molecule has 1 saturated heterocycles. The molecule has 1 heterocycles. The maximum absolute atomic E-state index is 5.96. The van der Waals surface area contributed by atoms with Crippen molar-refractivity contribution in [2.24, 2.45) is 0 Å². The maximum atomic E-state index is 5.96. The van der Waals surface area contributed by atoms with E-state index in [1.807, 2.05) is 12.1 Å². The van der Waals surface area contributed by atoms with E-state index in [4.69, 9.17) is 11.6 Å². The lowest BCUT2D eigenvalue weighted by molar-refractivity contribution is 0.145. The van der Waals surface area contributed by atoms with Crippen LogP contribution in [0, 0.1) is 6.92 Å². The van der Waals surface area contributed by atoms with Crippen LogP contribution in [0.3, 0.4) is 0 Å². The van der Waals surface area contributed by atoms with Gasteiger partial charge in [0.1, 0.15) is 0 Å². The van der Waals surface area contributed by atoms with Crippen molar-refractivity contribution in [3.05, 3.63) is 34.3 Å². The summed E-state index contributed by atoms with van der Waals surface area (Å²) in [6.45, 7) is 8.75. The van der Waals surface area contributed by atoms with Gasteiger partial charge >= 0.3 is 0 Å². The average Bonchev–Trinajstić information content (AvgIpc) is 2.18. The highest BCUT2D eigenvalue weighted by Gasteiger charge is 2.23. The number of benzene rings is 1. The first kappa shape index (κ1) is 11.9. The molecule has 1 aliphatic heterocycles. The molecule has 0 aromatic heterocycles. The van der Waals surface area contributed by atoms with Gasteiger partial charge in [-0.3, -0.25) is 4.90 Å². The quantitative estimate of drug-likeness (QED) is 0.867. The standard InChI is InChI=1S/C13H19ClN2/c1-3-16(13-7-15-8-13)9-11-4-5-12(14)6-10(11)2/h4-6,13,15H,3,7-9H2,1-2H3. The Kier molecular flexibility index (Phi) is 3.85.